The Labute approximate surface area is 131 Å². The number of nitrogens with zero attached hydrogens (tertiary/aromatic N) is 2. The van der Waals surface area contributed by atoms with E-state index in [2.05, 4.69) is 36.5 Å². The highest BCUT2D eigenvalue weighted by atomic mass is 16.2. The molecule has 22 heavy (non-hydrogen) atoms. The summed E-state index contributed by atoms with van der Waals surface area (Å²) in [7, 11) is 1.78. The van der Waals surface area contributed by atoms with E-state index in [0.29, 0.717) is 11.7 Å². The Morgan fingerprint density at radius 2 is 2.14 bits per heavy atom. The van der Waals surface area contributed by atoms with Gasteiger partial charge >= 0.3 is 0 Å². The van der Waals surface area contributed by atoms with Crippen LogP contribution in [0.3, 0.4) is 0 Å². The van der Waals surface area contributed by atoms with E-state index >= 15 is 0 Å². The second kappa shape index (κ2) is 6.50. The van der Waals surface area contributed by atoms with Crippen LogP contribution in [0.15, 0.2) is 12.3 Å². The van der Waals surface area contributed by atoms with Crippen LogP contribution in [0.2, 0.25) is 0 Å². The Bertz CT molecular complexity index is 550. The van der Waals surface area contributed by atoms with Gasteiger partial charge in [-0.15, -0.1) is 0 Å². The fraction of sp³-hybridized carbons (Fsp3) is 0.688. The monoisotopic (exact) mass is 306 g/mol. The third-order valence-corrected chi connectivity index (χ3v) is 4.16. The zero-order valence-corrected chi connectivity index (χ0v) is 13.8. The van der Waals surface area contributed by atoms with Gasteiger partial charge in [0, 0.05) is 25.2 Å². The summed E-state index contributed by atoms with van der Waals surface area (Å²) in [5, 5.41) is 9.48. The molecule has 0 aliphatic heterocycles. The fourth-order valence-electron chi connectivity index (χ4n) is 3.53. The number of aromatic nitrogens is 2. The number of aryl methyl sites for hydroxylation is 1. The quantitative estimate of drug-likeness (QED) is 0.892. The molecule has 122 valence electrons. The largest absolute Gasteiger partial charge is 0.347 e. The maximum absolute atomic E-state index is 12.3. The van der Waals surface area contributed by atoms with Crippen molar-refractivity contribution in [1.82, 2.24) is 15.1 Å². The first-order chi connectivity index (χ1) is 10.2. The zero-order chi connectivity index (χ0) is 16.3. The summed E-state index contributed by atoms with van der Waals surface area (Å²) in [5.74, 6) is 0.767. The summed E-state index contributed by atoms with van der Waals surface area (Å²) < 4.78 is 1.61. The van der Waals surface area contributed by atoms with Gasteiger partial charge in [0.1, 0.15) is 0 Å². The molecule has 2 amide bonds. The first kappa shape index (κ1) is 16.5. The van der Waals surface area contributed by atoms with Crippen LogP contribution in [0.4, 0.5) is 5.82 Å². The van der Waals surface area contributed by atoms with Crippen molar-refractivity contribution in [2.45, 2.75) is 40.0 Å². The maximum atomic E-state index is 12.3. The molecule has 2 atom stereocenters. The van der Waals surface area contributed by atoms with Crippen LogP contribution in [0.25, 0.3) is 0 Å². The van der Waals surface area contributed by atoms with Crippen molar-refractivity contribution in [3.05, 3.63) is 12.3 Å². The van der Waals surface area contributed by atoms with Gasteiger partial charge < -0.3 is 10.6 Å². The van der Waals surface area contributed by atoms with Crippen molar-refractivity contribution >= 4 is 17.6 Å². The van der Waals surface area contributed by atoms with E-state index in [1.165, 1.54) is 0 Å². The van der Waals surface area contributed by atoms with Crippen LogP contribution in [-0.4, -0.2) is 28.1 Å². The number of hydrogen-bond acceptors (Lipinski definition) is 3. The van der Waals surface area contributed by atoms with Crippen molar-refractivity contribution in [2.24, 2.45) is 24.3 Å². The molecule has 2 rings (SSSR count). The van der Waals surface area contributed by atoms with Crippen molar-refractivity contribution < 1.29 is 9.59 Å². The number of hydrogen-bond donors (Lipinski definition) is 2. The lowest BCUT2D eigenvalue weighted by atomic mass is 9.68. The predicted molar refractivity (Wildman–Crippen MR) is 85.1 cm³/mol. The summed E-state index contributed by atoms with van der Waals surface area (Å²) >= 11 is 0. The van der Waals surface area contributed by atoms with Crippen LogP contribution in [0.5, 0.6) is 0 Å². The normalized spacial score (nSPS) is 23.8. The van der Waals surface area contributed by atoms with Gasteiger partial charge in [-0.2, -0.15) is 5.10 Å². The molecule has 1 heterocycles. The first-order valence-electron chi connectivity index (χ1n) is 7.82. The molecule has 1 aromatic heterocycles. The Hall–Kier alpha value is -1.85. The first-order valence-corrected chi connectivity index (χ1v) is 7.82. The average molecular weight is 306 g/mol. The zero-order valence-electron chi connectivity index (χ0n) is 13.8. The van der Waals surface area contributed by atoms with Gasteiger partial charge in [-0.1, -0.05) is 20.8 Å². The molecule has 2 N–H and O–H groups in total. The summed E-state index contributed by atoms with van der Waals surface area (Å²) in [5.41, 5.74) is 0.190. The molecule has 0 radical (unpaired) electrons. The van der Waals surface area contributed by atoms with Gasteiger partial charge in [-0.25, -0.2) is 0 Å². The lowest BCUT2D eigenvalue weighted by Gasteiger charge is -2.38. The lowest BCUT2D eigenvalue weighted by molar-refractivity contribution is -0.129. The highest BCUT2D eigenvalue weighted by Crippen LogP contribution is 2.41. The highest BCUT2D eigenvalue weighted by Gasteiger charge is 2.35. The van der Waals surface area contributed by atoms with Crippen LogP contribution in [0, 0.1) is 17.3 Å². The van der Waals surface area contributed by atoms with E-state index in [1.807, 2.05) is 0 Å². The van der Waals surface area contributed by atoms with Gasteiger partial charge in [0.05, 0.1) is 6.54 Å². The van der Waals surface area contributed by atoms with Crippen LogP contribution in [-0.2, 0) is 16.6 Å². The molecule has 1 aromatic rings. The number of carbonyl (C=O) groups excluding carboxylic acids is 2. The number of carbonyl (C=O) groups is 2. The second-order valence-corrected chi connectivity index (χ2v) is 7.25. The molecule has 6 heteroatoms. The minimum atomic E-state index is -0.254. The molecular weight excluding hydrogens is 280 g/mol. The van der Waals surface area contributed by atoms with Crippen LogP contribution in [0.1, 0.15) is 40.0 Å². The number of nitrogens with one attached hydrogen (secondary N) is 2. The van der Waals surface area contributed by atoms with E-state index in [1.54, 1.807) is 24.0 Å². The minimum absolute atomic E-state index is 0.00130. The molecule has 1 aliphatic rings. The predicted octanol–water partition coefficient (Wildman–Crippen LogP) is 1.94. The lowest BCUT2D eigenvalue weighted by Crippen LogP contribution is -2.41. The SMILES string of the molecule is CC1CC(C(=O)NCC(=O)Nc2ccn(C)n2)CC(C)(C)C1. The summed E-state index contributed by atoms with van der Waals surface area (Å²) in [6.07, 6.45) is 4.68. The smallest absolute Gasteiger partial charge is 0.244 e. The van der Waals surface area contributed by atoms with Gasteiger partial charge in [0.2, 0.25) is 11.8 Å². The van der Waals surface area contributed by atoms with E-state index in [-0.39, 0.29) is 29.7 Å². The maximum Gasteiger partial charge on any atom is 0.244 e. The standard InChI is InChI=1S/C16H26N4O2/c1-11-7-12(9-16(2,3)8-11)15(22)17-10-14(21)18-13-5-6-20(4)19-13/h5-6,11-12H,7-10H2,1-4H3,(H,17,22)(H,18,19,21). The Kier molecular flexibility index (Phi) is 4.88. The molecule has 0 bridgehead atoms. The molecule has 0 spiro atoms. The molecule has 0 aromatic carbocycles. The molecule has 1 fully saturated rings. The Morgan fingerprint density at radius 3 is 2.73 bits per heavy atom. The fourth-order valence-corrected chi connectivity index (χ4v) is 3.53. The average Bonchev–Trinajstić information content (AvgIpc) is 2.79. The molecular formula is C16H26N4O2. The van der Waals surface area contributed by atoms with Crippen molar-refractivity contribution in [3.8, 4) is 0 Å². The summed E-state index contributed by atoms with van der Waals surface area (Å²) in [6, 6.07) is 1.71. The van der Waals surface area contributed by atoms with E-state index in [9.17, 15) is 9.59 Å². The minimum Gasteiger partial charge on any atom is -0.347 e. The molecule has 1 aliphatic carbocycles. The highest BCUT2D eigenvalue weighted by molar-refractivity contribution is 5.94. The third kappa shape index (κ3) is 4.58. The number of anilines is 1. The van der Waals surface area contributed by atoms with E-state index in [0.717, 1.165) is 19.3 Å². The van der Waals surface area contributed by atoms with Gasteiger partial charge in [0.25, 0.3) is 0 Å². The summed E-state index contributed by atoms with van der Waals surface area (Å²) in [6.45, 7) is 6.59. The van der Waals surface area contributed by atoms with Gasteiger partial charge in [-0.05, 0) is 30.6 Å². The number of amides is 2. The Balaban J connectivity index is 1.80. The topological polar surface area (TPSA) is 76.0 Å². The van der Waals surface area contributed by atoms with Crippen molar-refractivity contribution in [1.29, 1.82) is 0 Å². The van der Waals surface area contributed by atoms with Gasteiger partial charge in [0.15, 0.2) is 5.82 Å². The summed E-state index contributed by atoms with van der Waals surface area (Å²) in [4.78, 5) is 24.1. The Morgan fingerprint density at radius 1 is 1.41 bits per heavy atom. The van der Waals surface area contributed by atoms with E-state index < -0.39 is 0 Å². The van der Waals surface area contributed by atoms with Crippen molar-refractivity contribution in [2.75, 3.05) is 11.9 Å². The van der Waals surface area contributed by atoms with E-state index in [4.69, 9.17) is 0 Å². The van der Waals surface area contributed by atoms with Crippen LogP contribution >= 0.6 is 0 Å². The van der Waals surface area contributed by atoms with Crippen molar-refractivity contribution in [3.63, 3.8) is 0 Å². The number of rotatable bonds is 4. The van der Waals surface area contributed by atoms with Gasteiger partial charge in [-0.3, -0.25) is 14.3 Å². The molecule has 6 nitrogen and oxygen atoms in total. The molecule has 1 saturated carbocycles. The van der Waals surface area contributed by atoms with Crippen LogP contribution < -0.4 is 10.6 Å². The molecule has 2 unspecified atom stereocenters. The second-order valence-electron chi connectivity index (χ2n) is 7.25. The third-order valence-electron chi connectivity index (χ3n) is 4.16. The molecule has 0 saturated heterocycles.